The van der Waals surface area contributed by atoms with Gasteiger partial charge in [0.25, 0.3) is 0 Å². The third-order valence-electron chi connectivity index (χ3n) is 5.47. The molecule has 0 amide bonds. The summed E-state index contributed by atoms with van der Waals surface area (Å²) in [6.45, 7) is 9.29. The lowest BCUT2D eigenvalue weighted by Crippen LogP contribution is -2.31. The second-order valence-electron chi connectivity index (χ2n) is 7.85. The molecule has 1 nitrogen and oxygen atoms in total. The van der Waals surface area contributed by atoms with Gasteiger partial charge in [0.2, 0.25) is 0 Å². The van der Waals surface area contributed by atoms with E-state index < -0.39 is 0 Å². The number of nitrogens with zero attached hydrogens (tertiary/aromatic N) is 1. The molecule has 1 atom stereocenters. The van der Waals surface area contributed by atoms with Crippen LogP contribution in [0.15, 0.2) is 40.5 Å². The van der Waals surface area contributed by atoms with Crippen molar-refractivity contribution in [2.45, 2.75) is 47.0 Å². The van der Waals surface area contributed by atoms with Crippen LogP contribution in [0.25, 0.3) is 6.08 Å². The summed E-state index contributed by atoms with van der Waals surface area (Å²) in [6.07, 6.45) is 8.26. The second kappa shape index (κ2) is 3.97. The van der Waals surface area contributed by atoms with E-state index in [-0.39, 0.29) is 5.41 Å². The first kappa shape index (κ1) is 13.1. The summed E-state index contributed by atoms with van der Waals surface area (Å²) in [6, 6.07) is 6.74. The van der Waals surface area contributed by atoms with Crippen molar-refractivity contribution in [3.8, 4) is 0 Å². The molecule has 0 radical (unpaired) electrons. The summed E-state index contributed by atoms with van der Waals surface area (Å²) in [5.41, 5.74) is 8.62. The Bertz CT molecular complexity index is 730. The van der Waals surface area contributed by atoms with Crippen molar-refractivity contribution in [1.82, 2.24) is 0 Å². The Balaban J connectivity index is 1.86. The van der Waals surface area contributed by atoms with Crippen molar-refractivity contribution in [1.29, 1.82) is 0 Å². The molecule has 0 spiro atoms. The first-order valence-electron chi connectivity index (χ1n) is 8.01. The highest BCUT2D eigenvalue weighted by molar-refractivity contribution is 6.14. The van der Waals surface area contributed by atoms with E-state index in [0.29, 0.717) is 5.41 Å². The van der Waals surface area contributed by atoms with E-state index in [9.17, 15) is 0 Å². The summed E-state index contributed by atoms with van der Waals surface area (Å²) >= 11 is 0. The van der Waals surface area contributed by atoms with Gasteiger partial charge in [0.05, 0.1) is 11.1 Å². The fourth-order valence-electron chi connectivity index (χ4n) is 4.09. The van der Waals surface area contributed by atoms with Gasteiger partial charge in [-0.25, -0.2) is 0 Å². The third kappa shape index (κ3) is 1.79. The number of benzene rings is 1. The van der Waals surface area contributed by atoms with Gasteiger partial charge in [-0.2, -0.15) is 0 Å². The predicted octanol–water partition coefficient (Wildman–Crippen LogP) is 5.30. The zero-order valence-electron chi connectivity index (χ0n) is 13.5. The van der Waals surface area contributed by atoms with Gasteiger partial charge in [-0.3, -0.25) is 4.99 Å². The van der Waals surface area contributed by atoms with Crippen LogP contribution in [0.1, 0.15) is 56.7 Å². The van der Waals surface area contributed by atoms with Gasteiger partial charge >= 0.3 is 0 Å². The average Bonchev–Trinajstić information content (AvgIpc) is 2.71. The molecule has 1 heterocycles. The van der Waals surface area contributed by atoms with Crippen molar-refractivity contribution in [2.75, 3.05) is 0 Å². The normalized spacial score (nSPS) is 28.9. The lowest BCUT2D eigenvalue weighted by Gasteiger charge is -2.37. The molecule has 1 aromatic carbocycles. The van der Waals surface area contributed by atoms with E-state index >= 15 is 0 Å². The predicted molar refractivity (Wildman–Crippen MR) is 89.5 cm³/mol. The summed E-state index contributed by atoms with van der Waals surface area (Å²) < 4.78 is 0. The van der Waals surface area contributed by atoms with Crippen molar-refractivity contribution in [3.05, 3.63) is 52.2 Å². The number of aryl methyl sites for hydroxylation is 1. The van der Waals surface area contributed by atoms with E-state index in [0.717, 1.165) is 6.42 Å². The van der Waals surface area contributed by atoms with Crippen molar-refractivity contribution >= 4 is 11.8 Å². The zero-order valence-corrected chi connectivity index (χ0v) is 13.5. The van der Waals surface area contributed by atoms with Crippen LogP contribution in [0.3, 0.4) is 0 Å². The Kier molecular flexibility index (Phi) is 2.47. The Morgan fingerprint density at radius 1 is 1.14 bits per heavy atom. The SMILES string of the molecule is Cc1ccc2c(c1)C=C[C@@]1(C)C2=NC2=C1CC(C)(C)CC2. The summed E-state index contributed by atoms with van der Waals surface area (Å²) in [5.74, 6) is 0. The first-order chi connectivity index (χ1) is 9.89. The highest BCUT2D eigenvalue weighted by atomic mass is 14.8. The van der Waals surface area contributed by atoms with Gasteiger partial charge in [-0.15, -0.1) is 0 Å². The van der Waals surface area contributed by atoms with Crippen molar-refractivity contribution < 1.29 is 0 Å². The van der Waals surface area contributed by atoms with Gasteiger partial charge in [0.15, 0.2) is 0 Å². The second-order valence-corrected chi connectivity index (χ2v) is 7.85. The number of aliphatic imine (C=N–C) groups is 1. The van der Waals surface area contributed by atoms with Gasteiger partial charge in [0, 0.05) is 11.3 Å². The maximum absolute atomic E-state index is 5.09. The highest BCUT2D eigenvalue weighted by Gasteiger charge is 2.45. The van der Waals surface area contributed by atoms with Gasteiger partial charge < -0.3 is 0 Å². The number of hydrogen-bond donors (Lipinski definition) is 0. The molecule has 0 N–H and O–H groups in total. The lowest BCUT2D eigenvalue weighted by atomic mass is 9.65. The van der Waals surface area contributed by atoms with E-state index in [1.165, 1.54) is 40.9 Å². The molecule has 1 heteroatoms. The summed E-state index contributed by atoms with van der Waals surface area (Å²) in [4.78, 5) is 5.09. The van der Waals surface area contributed by atoms with Crippen LogP contribution in [0.5, 0.6) is 0 Å². The quantitative estimate of drug-likeness (QED) is 0.610. The Labute approximate surface area is 127 Å². The Morgan fingerprint density at radius 3 is 2.76 bits per heavy atom. The Morgan fingerprint density at radius 2 is 1.95 bits per heavy atom. The van der Waals surface area contributed by atoms with Crippen LogP contribution >= 0.6 is 0 Å². The lowest BCUT2D eigenvalue weighted by molar-refractivity contribution is 0.301. The average molecular weight is 277 g/mol. The van der Waals surface area contributed by atoms with Crippen LogP contribution in [0.2, 0.25) is 0 Å². The van der Waals surface area contributed by atoms with Gasteiger partial charge in [-0.05, 0) is 49.7 Å². The minimum absolute atomic E-state index is 0.0231. The third-order valence-corrected chi connectivity index (χ3v) is 5.47. The molecular weight excluding hydrogens is 254 g/mol. The standard InChI is InChI=1S/C20H23N/c1-13-5-6-15-14(11-13)7-10-20(4)16-12-19(2,3)9-8-17(16)21-18(15)20/h5-7,10-11H,8-9,12H2,1-4H3/t20-/m1/s1. The summed E-state index contributed by atoms with van der Waals surface area (Å²) in [5, 5.41) is 0. The number of allylic oxidation sites excluding steroid dienone is 3. The van der Waals surface area contributed by atoms with Gasteiger partial charge in [-0.1, -0.05) is 49.8 Å². The van der Waals surface area contributed by atoms with Crippen LogP contribution < -0.4 is 0 Å². The zero-order chi connectivity index (χ0) is 14.8. The largest absolute Gasteiger partial charge is 0.256 e. The Hall–Kier alpha value is -1.63. The maximum Gasteiger partial charge on any atom is 0.0623 e. The van der Waals surface area contributed by atoms with Gasteiger partial charge in [0.1, 0.15) is 0 Å². The minimum atomic E-state index is 0.0231. The molecule has 4 rings (SSSR count). The minimum Gasteiger partial charge on any atom is -0.256 e. The maximum atomic E-state index is 5.09. The fraction of sp³-hybridized carbons (Fsp3) is 0.450. The molecule has 2 aliphatic carbocycles. The molecular formula is C20H23N. The van der Waals surface area contributed by atoms with Crippen LogP contribution in [0, 0.1) is 17.8 Å². The molecule has 0 saturated heterocycles. The topological polar surface area (TPSA) is 12.4 Å². The molecule has 0 fully saturated rings. The molecule has 1 aliphatic heterocycles. The van der Waals surface area contributed by atoms with Crippen molar-refractivity contribution in [3.63, 3.8) is 0 Å². The highest BCUT2D eigenvalue weighted by Crippen LogP contribution is 2.53. The number of fused-ring (bicyclic) bond motifs is 4. The molecule has 3 aliphatic rings. The van der Waals surface area contributed by atoms with Crippen molar-refractivity contribution in [2.24, 2.45) is 15.8 Å². The molecule has 0 aromatic heterocycles. The molecule has 0 bridgehead atoms. The van der Waals surface area contributed by atoms with E-state index in [1.807, 2.05) is 0 Å². The molecule has 1 aromatic rings. The fourth-order valence-corrected chi connectivity index (χ4v) is 4.09. The molecule has 0 saturated carbocycles. The number of hydrogen-bond acceptors (Lipinski definition) is 1. The molecule has 0 unspecified atom stereocenters. The molecule has 21 heavy (non-hydrogen) atoms. The van der Waals surface area contributed by atoms with Crippen LogP contribution in [-0.4, -0.2) is 5.71 Å². The first-order valence-corrected chi connectivity index (χ1v) is 8.01. The van der Waals surface area contributed by atoms with E-state index in [4.69, 9.17) is 4.99 Å². The molecule has 108 valence electrons. The van der Waals surface area contributed by atoms with Crippen LogP contribution in [-0.2, 0) is 0 Å². The van der Waals surface area contributed by atoms with E-state index in [2.05, 4.69) is 58.0 Å². The smallest absolute Gasteiger partial charge is 0.0623 e. The van der Waals surface area contributed by atoms with Crippen LogP contribution in [0.4, 0.5) is 0 Å². The summed E-state index contributed by atoms with van der Waals surface area (Å²) in [7, 11) is 0. The monoisotopic (exact) mass is 277 g/mol. The number of rotatable bonds is 0. The van der Waals surface area contributed by atoms with E-state index in [1.54, 1.807) is 5.57 Å².